The molecule has 0 aliphatic heterocycles. The van der Waals surface area contributed by atoms with Gasteiger partial charge in [-0.1, -0.05) is 24.3 Å². The van der Waals surface area contributed by atoms with E-state index in [1.165, 1.54) is 11.4 Å². The molecule has 2 nitrogen and oxygen atoms in total. The zero-order valence-electron chi connectivity index (χ0n) is 8.29. The Kier molecular flexibility index (Phi) is 3.06. The van der Waals surface area contributed by atoms with Crippen molar-refractivity contribution in [1.29, 1.82) is 0 Å². The van der Waals surface area contributed by atoms with Crippen molar-refractivity contribution in [1.82, 2.24) is 10.6 Å². The summed E-state index contributed by atoms with van der Waals surface area (Å²) in [5, 5.41) is 6.79. The summed E-state index contributed by atoms with van der Waals surface area (Å²) in [7, 11) is 0. The van der Waals surface area contributed by atoms with E-state index >= 15 is 0 Å². The third-order valence-electron chi connectivity index (χ3n) is 2.37. The second kappa shape index (κ2) is 4.70. The predicted octanol–water partition coefficient (Wildman–Crippen LogP) is 1.85. The van der Waals surface area contributed by atoms with Gasteiger partial charge in [0.2, 0.25) is 0 Å². The second-order valence-corrected chi connectivity index (χ2v) is 3.50. The van der Waals surface area contributed by atoms with Crippen LogP contribution in [0.5, 0.6) is 0 Å². The molecule has 2 aliphatic carbocycles. The Morgan fingerprint density at radius 1 is 0.857 bits per heavy atom. The Labute approximate surface area is 85.1 Å². The van der Waals surface area contributed by atoms with Crippen molar-refractivity contribution < 1.29 is 0 Å². The number of hydrogen-bond acceptors (Lipinski definition) is 2. The topological polar surface area (TPSA) is 24.1 Å². The van der Waals surface area contributed by atoms with Gasteiger partial charge in [-0.15, -0.1) is 0 Å². The van der Waals surface area contributed by atoms with Crippen molar-refractivity contribution in [3.63, 3.8) is 0 Å². The Morgan fingerprint density at radius 2 is 1.36 bits per heavy atom. The summed E-state index contributed by atoms with van der Waals surface area (Å²) >= 11 is 0. The van der Waals surface area contributed by atoms with E-state index in [1.807, 2.05) is 0 Å². The summed E-state index contributed by atoms with van der Waals surface area (Å²) in [6.07, 6.45) is 14.9. The summed E-state index contributed by atoms with van der Waals surface area (Å²) in [6, 6.07) is 0. The highest BCUT2D eigenvalue weighted by atomic mass is 15.0. The first-order valence-electron chi connectivity index (χ1n) is 5.14. The molecule has 0 spiro atoms. The largest absolute Gasteiger partial charge is 0.386 e. The first-order valence-corrected chi connectivity index (χ1v) is 5.14. The fourth-order valence-corrected chi connectivity index (χ4v) is 1.60. The average Bonchev–Trinajstić information content (AvgIpc) is 2.86. The highest BCUT2D eigenvalue weighted by Crippen LogP contribution is 2.06. The highest BCUT2D eigenvalue weighted by Gasteiger charge is 1.99. The van der Waals surface area contributed by atoms with Crippen molar-refractivity contribution in [2.75, 3.05) is 13.1 Å². The van der Waals surface area contributed by atoms with Gasteiger partial charge in [-0.3, -0.25) is 0 Å². The first kappa shape index (κ1) is 9.13. The monoisotopic (exact) mass is 188 g/mol. The third kappa shape index (κ3) is 2.52. The lowest BCUT2D eigenvalue weighted by molar-refractivity contribution is 0.704. The van der Waals surface area contributed by atoms with Crippen LogP contribution in [0, 0.1) is 0 Å². The average molecular weight is 188 g/mol. The van der Waals surface area contributed by atoms with Gasteiger partial charge in [-0.2, -0.15) is 0 Å². The van der Waals surface area contributed by atoms with Gasteiger partial charge in [0.25, 0.3) is 0 Å². The van der Waals surface area contributed by atoms with Crippen LogP contribution in [0.4, 0.5) is 0 Å². The summed E-state index contributed by atoms with van der Waals surface area (Å²) in [5.41, 5.74) is 2.65. The van der Waals surface area contributed by atoms with E-state index in [2.05, 4.69) is 47.1 Å². The molecule has 0 aromatic carbocycles. The maximum absolute atomic E-state index is 3.39. The molecule has 0 saturated heterocycles. The smallest absolute Gasteiger partial charge is 0.0317 e. The molecule has 0 amide bonds. The molecule has 14 heavy (non-hydrogen) atoms. The van der Waals surface area contributed by atoms with Gasteiger partial charge in [0, 0.05) is 37.3 Å². The predicted molar refractivity (Wildman–Crippen MR) is 59.7 cm³/mol. The lowest BCUT2D eigenvalue weighted by Gasteiger charge is -2.09. The molecular formula is C12H16N2. The second-order valence-electron chi connectivity index (χ2n) is 3.50. The van der Waals surface area contributed by atoms with Crippen LogP contribution in [-0.4, -0.2) is 13.1 Å². The fraction of sp³-hybridized carbons (Fsp3) is 0.333. The molecule has 0 atom stereocenters. The van der Waals surface area contributed by atoms with Gasteiger partial charge >= 0.3 is 0 Å². The molecule has 0 saturated carbocycles. The van der Waals surface area contributed by atoms with Gasteiger partial charge in [-0.25, -0.2) is 0 Å². The van der Waals surface area contributed by atoms with E-state index in [1.54, 1.807) is 0 Å². The summed E-state index contributed by atoms with van der Waals surface area (Å²) in [5.74, 6) is 0. The van der Waals surface area contributed by atoms with Crippen LogP contribution in [0.25, 0.3) is 0 Å². The molecule has 0 aromatic rings. The van der Waals surface area contributed by atoms with Gasteiger partial charge in [0.15, 0.2) is 0 Å². The molecule has 0 bridgehead atoms. The van der Waals surface area contributed by atoms with E-state index in [0.29, 0.717) is 0 Å². The van der Waals surface area contributed by atoms with Crippen molar-refractivity contribution in [3.8, 4) is 0 Å². The Balaban J connectivity index is 1.55. The van der Waals surface area contributed by atoms with Crippen LogP contribution in [0.2, 0.25) is 0 Å². The quantitative estimate of drug-likeness (QED) is 0.643. The molecular weight excluding hydrogens is 172 g/mol. The molecule has 2 N–H and O–H groups in total. The van der Waals surface area contributed by atoms with Gasteiger partial charge in [0.05, 0.1) is 0 Å². The summed E-state index contributed by atoms with van der Waals surface area (Å²) in [4.78, 5) is 0. The highest BCUT2D eigenvalue weighted by molar-refractivity contribution is 5.22. The maximum Gasteiger partial charge on any atom is 0.0317 e. The molecule has 0 radical (unpaired) electrons. The molecule has 74 valence electrons. The minimum atomic E-state index is 0.991. The zero-order valence-corrected chi connectivity index (χ0v) is 8.29. The SMILES string of the molecule is C1=CCC(NCCNC2=CC=CC2)=C1. The standard InChI is InChI=1S/C12H16N2/c1-2-6-11(5-1)13-9-10-14-12-7-3-4-8-12/h1-5,7,13-14H,6,8-10H2. The number of hydrogen-bond donors (Lipinski definition) is 2. The Hall–Kier alpha value is -1.44. The molecule has 0 heterocycles. The molecule has 2 rings (SSSR count). The zero-order chi connectivity index (χ0) is 9.64. The van der Waals surface area contributed by atoms with Crippen molar-refractivity contribution in [2.45, 2.75) is 12.8 Å². The normalized spacial score (nSPS) is 18.3. The first-order chi connectivity index (χ1) is 6.95. The van der Waals surface area contributed by atoms with Crippen LogP contribution in [0.15, 0.2) is 47.9 Å². The Morgan fingerprint density at radius 3 is 1.71 bits per heavy atom. The lowest BCUT2D eigenvalue weighted by Crippen LogP contribution is -2.25. The van der Waals surface area contributed by atoms with Crippen molar-refractivity contribution in [2.24, 2.45) is 0 Å². The van der Waals surface area contributed by atoms with Crippen molar-refractivity contribution in [3.05, 3.63) is 47.9 Å². The van der Waals surface area contributed by atoms with Crippen LogP contribution >= 0.6 is 0 Å². The number of rotatable bonds is 5. The van der Waals surface area contributed by atoms with E-state index in [-0.39, 0.29) is 0 Å². The van der Waals surface area contributed by atoms with E-state index in [9.17, 15) is 0 Å². The van der Waals surface area contributed by atoms with E-state index in [0.717, 1.165) is 25.9 Å². The third-order valence-corrected chi connectivity index (χ3v) is 2.37. The lowest BCUT2D eigenvalue weighted by atomic mass is 10.3. The van der Waals surface area contributed by atoms with E-state index in [4.69, 9.17) is 0 Å². The molecule has 0 aromatic heterocycles. The van der Waals surface area contributed by atoms with Crippen LogP contribution in [0.3, 0.4) is 0 Å². The van der Waals surface area contributed by atoms with Gasteiger partial charge < -0.3 is 10.6 Å². The molecule has 2 aliphatic rings. The number of allylic oxidation sites excluding steroid dienone is 6. The molecule has 0 unspecified atom stereocenters. The molecule has 2 heteroatoms. The number of nitrogens with one attached hydrogen (secondary N) is 2. The fourth-order valence-electron chi connectivity index (χ4n) is 1.60. The van der Waals surface area contributed by atoms with Gasteiger partial charge in [-0.05, 0) is 12.2 Å². The van der Waals surface area contributed by atoms with Gasteiger partial charge in [0.1, 0.15) is 0 Å². The van der Waals surface area contributed by atoms with Crippen LogP contribution < -0.4 is 10.6 Å². The summed E-state index contributed by atoms with van der Waals surface area (Å²) in [6.45, 7) is 1.98. The minimum Gasteiger partial charge on any atom is -0.386 e. The minimum absolute atomic E-state index is 0.991. The summed E-state index contributed by atoms with van der Waals surface area (Å²) < 4.78 is 0. The maximum atomic E-state index is 3.39. The van der Waals surface area contributed by atoms with Crippen LogP contribution in [0.1, 0.15) is 12.8 Å². The Bertz CT molecular complexity index is 276. The van der Waals surface area contributed by atoms with E-state index < -0.39 is 0 Å². The van der Waals surface area contributed by atoms with Crippen LogP contribution in [-0.2, 0) is 0 Å². The molecule has 0 fully saturated rings. The van der Waals surface area contributed by atoms with Crippen molar-refractivity contribution >= 4 is 0 Å².